The molecule has 1 aromatic carbocycles. The Hall–Kier alpha value is -2.34. The Morgan fingerprint density at radius 1 is 1.17 bits per heavy atom. The number of hydrogen-bond acceptors (Lipinski definition) is 6. The van der Waals surface area contributed by atoms with Gasteiger partial charge in [0.25, 0.3) is 0 Å². The maximum absolute atomic E-state index is 5.88. The smallest absolute Gasteiger partial charge is 0.235 e. The fourth-order valence-electron chi connectivity index (χ4n) is 2.64. The molecular weight excluding hydrogens is 306 g/mol. The molecule has 1 saturated heterocycles. The van der Waals surface area contributed by atoms with E-state index < -0.39 is 0 Å². The van der Waals surface area contributed by atoms with Crippen LogP contribution in [-0.2, 0) is 6.42 Å². The minimum absolute atomic E-state index is 0.201. The summed E-state index contributed by atoms with van der Waals surface area (Å²) in [6, 6.07) is 7.96. The van der Waals surface area contributed by atoms with Gasteiger partial charge in [0.2, 0.25) is 11.8 Å². The molecule has 128 valence electrons. The van der Waals surface area contributed by atoms with Crippen LogP contribution in [0.2, 0.25) is 0 Å². The molecule has 1 aromatic heterocycles. The molecule has 0 spiro atoms. The quantitative estimate of drug-likeness (QED) is 0.840. The number of piperidine rings is 1. The van der Waals surface area contributed by atoms with Crippen LogP contribution in [0.3, 0.4) is 0 Å². The normalized spacial score (nSPS) is 15.0. The largest absolute Gasteiger partial charge is 0.497 e. The van der Waals surface area contributed by atoms with E-state index in [-0.39, 0.29) is 6.10 Å². The van der Waals surface area contributed by atoms with Crippen molar-refractivity contribution in [3.8, 4) is 17.5 Å². The topological polar surface area (TPSA) is 65.5 Å². The molecule has 1 fully saturated rings. The number of methoxy groups -OCH3 is 1. The molecule has 0 atom stereocenters. The molecule has 0 aliphatic carbocycles. The SMILES string of the molecule is COc1cccc(CCOc2cncc(OC3CCNCC3)n2)c1. The number of nitrogens with one attached hydrogen (secondary N) is 1. The summed E-state index contributed by atoms with van der Waals surface area (Å²) in [6.07, 6.45) is 6.20. The molecule has 0 radical (unpaired) electrons. The van der Waals surface area contributed by atoms with Crippen LogP contribution in [0, 0.1) is 0 Å². The lowest BCUT2D eigenvalue weighted by Crippen LogP contribution is -2.34. The van der Waals surface area contributed by atoms with E-state index in [0.29, 0.717) is 18.4 Å². The fourth-order valence-corrected chi connectivity index (χ4v) is 2.64. The second-order valence-electron chi connectivity index (χ2n) is 5.71. The minimum atomic E-state index is 0.201. The van der Waals surface area contributed by atoms with Crippen molar-refractivity contribution < 1.29 is 14.2 Å². The van der Waals surface area contributed by atoms with Crippen molar-refractivity contribution in [2.75, 3.05) is 26.8 Å². The summed E-state index contributed by atoms with van der Waals surface area (Å²) >= 11 is 0. The molecule has 0 saturated carbocycles. The van der Waals surface area contributed by atoms with Crippen LogP contribution in [0.25, 0.3) is 0 Å². The zero-order valence-electron chi connectivity index (χ0n) is 13.9. The van der Waals surface area contributed by atoms with Crippen LogP contribution in [-0.4, -0.2) is 42.9 Å². The Morgan fingerprint density at radius 3 is 2.83 bits per heavy atom. The van der Waals surface area contributed by atoms with Gasteiger partial charge in [-0.1, -0.05) is 12.1 Å². The third-order valence-electron chi connectivity index (χ3n) is 3.94. The Kier molecular flexibility index (Phi) is 5.85. The molecule has 0 bridgehead atoms. The van der Waals surface area contributed by atoms with Crippen molar-refractivity contribution in [2.24, 2.45) is 0 Å². The van der Waals surface area contributed by atoms with Gasteiger partial charge in [-0.05, 0) is 43.6 Å². The highest BCUT2D eigenvalue weighted by Gasteiger charge is 2.15. The van der Waals surface area contributed by atoms with Gasteiger partial charge in [-0.3, -0.25) is 4.98 Å². The van der Waals surface area contributed by atoms with E-state index in [9.17, 15) is 0 Å². The first kappa shape index (κ1) is 16.5. The van der Waals surface area contributed by atoms with Gasteiger partial charge < -0.3 is 19.5 Å². The van der Waals surface area contributed by atoms with E-state index in [1.165, 1.54) is 0 Å². The van der Waals surface area contributed by atoms with Crippen LogP contribution in [0.4, 0.5) is 0 Å². The maximum Gasteiger partial charge on any atom is 0.235 e. The van der Waals surface area contributed by atoms with Gasteiger partial charge in [0, 0.05) is 6.42 Å². The number of rotatable bonds is 7. The molecule has 1 N–H and O–H groups in total. The second kappa shape index (κ2) is 8.49. The summed E-state index contributed by atoms with van der Waals surface area (Å²) in [4.78, 5) is 8.53. The van der Waals surface area contributed by atoms with Gasteiger partial charge in [-0.25, -0.2) is 0 Å². The minimum Gasteiger partial charge on any atom is -0.497 e. The van der Waals surface area contributed by atoms with Gasteiger partial charge in [0.15, 0.2) is 0 Å². The van der Waals surface area contributed by atoms with Gasteiger partial charge in [-0.15, -0.1) is 0 Å². The van der Waals surface area contributed by atoms with Gasteiger partial charge in [-0.2, -0.15) is 4.98 Å². The molecule has 1 aliphatic rings. The Balaban J connectivity index is 1.50. The molecule has 24 heavy (non-hydrogen) atoms. The summed E-state index contributed by atoms with van der Waals surface area (Å²) in [5.41, 5.74) is 1.16. The fraction of sp³-hybridized carbons (Fsp3) is 0.444. The lowest BCUT2D eigenvalue weighted by Gasteiger charge is -2.23. The summed E-state index contributed by atoms with van der Waals surface area (Å²) < 4.78 is 16.8. The Bertz CT molecular complexity index is 645. The van der Waals surface area contributed by atoms with E-state index >= 15 is 0 Å². The van der Waals surface area contributed by atoms with Crippen molar-refractivity contribution in [1.29, 1.82) is 0 Å². The van der Waals surface area contributed by atoms with Crippen LogP contribution in [0.5, 0.6) is 17.5 Å². The highest BCUT2D eigenvalue weighted by molar-refractivity contribution is 5.28. The number of ether oxygens (including phenoxy) is 3. The predicted molar refractivity (Wildman–Crippen MR) is 90.7 cm³/mol. The highest BCUT2D eigenvalue weighted by Crippen LogP contribution is 2.17. The van der Waals surface area contributed by atoms with Crippen LogP contribution in [0.15, 0.2) is 36.7 Å². The van der Waals surface area contributed by atoms with E-state index in [4.69, 9.17) is 14.2 Å². The number of nitrogens with zero attached hydrogens (tertiary/aromatic N) is 2. The van der Waals surface area contributed by atoms with Gasteiger partial charge >= 0.3 is 0 Å². The zero-order chi connectivity index (χ0) is 16.6. The van der Waals surface area contributed by atoms with E-state index in [2.05, 4.69) is 15.3 Å². The summed E-state index contributed by atoms with van der Waals surface area (Å²) in [5, 5.41) is 3.31. The van der Waals surface area contributed by atoms with Gasteiger partial charge in [0.1, 0.15) is 11.9 Å². The van der Waals surface area contributed by atoms with Gasteiger partial charge in [0.05, 0.1) is 26.1 Å². The Morgan fingerprint density at radius 2 is 2.00 bits per heavy atom. The number of benzene rings is 1. The standard InChI is InChI=1S/C18H23N3O3/c1-22-16-4-2-3-14(11-16)7-10-23-17-12-20-13-18(21-17)24-15-5-8-19-9-6-15/h2-4,11-13,15,19H,5-10H2,1H3. The van der Waals surface area contributed by atoms with E-state index in [1.54, 1.807) is 19.5 Å². The van der Waals surface area contributed by atoms with Crippen LogP contribution < -0.4 is 19.5 Å². The molecule has 6 heteroatoms. The lowest BCUT2D eigenvalue weighted by molar-refractivity contribution is 0.153. The first-order chi connectivity index (χ1) is 11.8. The molecule has 1 aliphatic heterocycles. The average Bonchev–Trinajstić information content (AvgIpc) is 2.63. The van der Waals surface area contributed by atoms with Crippen molar-refractivity contribution in [3.63, 3.8) is 0 Å². The molecular formula is C18H23N3O3. The second-order valence-corrected chi connectivity index (χ2v) is 5.71. The third kappa shape index (κ3) is 4.83. The van der Waals surface area contributed by atoms with Crippen molar-refractivity contribution in [1.82, 2.24) is 15.3 Å². The average molecular weight is 329 g/mol. The molecule has 6 nitrogen and oxygen atoms in total. The van der Waals surface area contributed by atoms with Crippen molar-refractivity contribution in [3.05, 3.63) is 42.2 Å². The van der Waals surface area contributed by atoms with Crippen molar-refractivity contribution in [2.45, 2.75) is 25.4 Å². The highest BCUT2D eigenvalue weighted by atomic mass is 16.5. The monoisotopic (exact) mass is 329 g/mol. The first-order valence-electron chi connectivity index (χ1n) is 8.28. The number of hydrogen-bond donors (Lipinski definition) is 1. The zero-order valence-corrected chi connectivity index (χ0v) is 13.9. The van der Waals surface area contributed by atoms with E-state index in [0.717, 1.165) is 43.7 Å². The van der Waals surface area contributed by atoms with Crippen LogP contribution in [0.1, 0.15) is 18.4 Å². The molecule has 2 aromatic rings. The molecule has 0 unspecified atom stereocenters. The van der Waals surface area contributed by atoms with Crippen LogP contribution >= 0.6 is 0 Å². The summed E-state index contributed by atoms with van der Waals surface area (Å²) in [7, 11) is 1.67. The lowest BCUT2D eigenvalue weighted by atomic mass is 10.1. The first-order valence-corrected chi connectivity index (χ1v) is 8.28. The Labute approximate surface area is 142 Å². The maximum atomic E-state index is 5.88. The number of aromatic nitrogens is 2. The third-order valence-corrected chi connectivity index (χ3v) is 3.94. The predicted octanol–water partition coefficient (Wildman–Crippen LogP) is 2.24. The molecule has 2 heterocycles. The van der Waals surface area contributed by atoms with E-state index in [1.807, 2.05) is 24.3 Å². The summed E-state index contributed by atoms with van der Waals surface area (Å²) in [6.45, 7) is 2.49. The molecule has 3 rings (SSSR count). The van der Waals surface area contributed by atoms with Crippen molar-refractivity contribution >= 4 is 0 Å². The summed E-state index contributed by atoms with van der Waals surface area (Å²) in [5.74, 6) is 1.87. The molecule has 0 amide bonds.